The molecule has 0 aliphatic heterocycles. The highest BCUT2D eigenvalue weighted by molar-refractivity contribution is 9.13. The normalized spacial score (nSPS) is 10.7. The third-order valence-corrected chi connectivity index (χ3v) is 5.98. The molecular weight excluding hydrogens is 462 g/mol. The summed E-state index contributed by atoms with van der Waals surface area (Å²) in [4.78, 5) is 12.5. The number of amides is 1. The molecule has 2 aromatic heterocycles. The average Bonchev–Trinajstić information content (AvgIpc) is 2.92. The number of nitrogens with zero attached hydrogens (tertiary/aromatic N) is 2. The number of carbonyl (C=O) groups excluding carboxylic acids is 1. The molecule has 0 aliphatic rings. The quantitative estimate of drug-likeness (QED) is 0.669. The molecule has 19 heavy (non-hydrogen) atoms. The standard InChI is InChI=1S/C11H10Br3N3OS/c12-7-5-16-17(6-7)3-1-2-15-11(18)9-4-8(13)10(14)19-9/h4-6H,1-3H2,(H,15,18). The molecule has 8 heteroatoms. The van der Waals surface area contributed by atoms with Crippen molar-refractivity contribution >= 4 is 65.0 Å². The monoisotopic (exact) mass is 469 g/mol. The molecule has 2 heterocycles. The summed E-state index contributed by atoms with van der Waals surface area (Å²) in [6, 6.07) is 1.81. The van der Waals surface area contributed by atoms with Crippen LogP contribution in [0.25, 0.3) is 0 Å². The van der Waals surface area contributed by atoms with Gasteiger partial charge in [-0.2, -0.15) is 5.10 Å². The van der Waals surface area contributed by atoms with Crippen molar-refractivity contribution in [3.8, 4) is 0 Å². The molecule has 0 radical (unpaired) electrons. The molecule has 102 valence electrons. The Morgan fingerprint density at radius 1 is 1.42 bits per heavy atom. The van der Waals surface area contributed by atoms with Gasteiger partial charge in [0.1, 0.15) is 0 Å². The molecule has 1 amide bonds. The van der Waals surface area contributed by atoms with Gasteiger partial charge >= 0.3 is 0 Å². The van der Waals surface area contributed by atoms with E-state index in [0.29, 0.717) is 11.4 Å². The number of rotatable bonds is 5. The van der Waals surface area contributed by atoms with E-state index in [1.54, 1.807) is 6.20 Å². The van der Waals surface area contributed by atoms with Crippen LogP contribution in [0.4, 0.5) is 0 Å². The van der Waals surface area contributed by atoms with Gasteiger partial charge in [-0.1, -0.05) is 0 Å². The van der Waals surface area contributed by atoms with Gasteiger partial charge in [-0.15, -0.1) is 11.3 Å². The summed E-state index contributed by atoms with van der Waals surface area (Å²) in [5, 5.41) is 7.05. The van der Waals surface area contributed by atoms with Crippen LogP contribution in [-0.2, 0) is 6.54 Å². The van der Waals surface area contributed by atoms with Gasteiger partial charge in [0.2, 0.25) is 0 Å². The number of halogens is 3. The van der Waals surface area contributed by atoms with E-state index in [1.165, 1.54) is 11.3 Å². The lowest BCUT2D eigenvalue weighted by Crippen LogP contribution is -2.24. The zero-order chi connectivity index (χ0) is 13.8. The minimum Gasteiger partial charge on any atom is -0.351 e. The predicted octanol–water partition coefficient (Wildman–Crippen LogP) is 4.05. The Morgan fingerprint density at radius 3 is 2.79 bits per heavy atom. The number of carbonyl (C=O) groups is 1. The highest BCUT2D eigenvalue weighted by atomic mass is 79.9. The van der Waals surface area contributed by atoms with Crippen molar-refractivity contribution in [2.75, 3.05) is 6.54 Å². The van der Waals surface area contributed by atoms with Crippen molar-refractivity contribution in [1.82, 2.24) is 15.1 Å². The Labute approximate surface area is 140 Å². The number of nitrogens with one attached hydrogen (secondary N) is 1. The molecule has 0 fully saturated rings. The first kappa shape index (κ1) is 15.2. The number of hydrogen-bond donors (Lipinski definition) is 1. The van der Waals surface area contributed by atoms with Gasteiger partial charge in [-0.05, 0) is 60.3 Å². The Hall–Kier alpha value is -0.180. The molecular formula is C11H10Br3N3OS. The molecule has 2 aromatic rings. The average molecular weight is 472 g/mol. The maximum Gasteiger partial charge on any atom is 0.261 e. The third kappa shape index (κ3) is 4.40. The second-order valence-corrected chi connectivity index (χ2v) is 7.90. The largest absolute Gasteiger partial charge is 0.351 e. The minimum atomic E-state index is -0.0435. The van der Waals surface area contributed by atoms with Gasteiger partial charge in [0, 0.05) is 23.8 Å². The van der Waals surface area contributed by atoms with Crippen LogP contribution in [0.5, 0.6) is 0 Å². The van der Waals surface area contributed by atoms with E-state index >= 15 is 0 Å². The summed E-state index contributed by atoms with van der Waals surface area (Å²) in [7, 11) is 0. The van der Waals surface area contributed by atoms with Crippen LogP contribution in [0.3, 0.4) is 0 Å². The van der Waals surface area contributed by atoms with Crippen molar-refractivity contribution in [1.29, 1.82) is 0 Å². The van der Waals surface area contributed by atoms with Crippen molar-refractivity contribution < 1.29 is 4.79 Å². The molecule has 0 aliphatic carbocycles. The van der Waals surface area contributed by atoms with Gasteiger partial charge in [0.05, 0.1) is 19.3 Å². The fraction of sp³-hybridized carbons (Fsp3) is 0.273. The zero-order valence-electron chi connectivity index (χ0n) is 9.70. The Kier molecular flexibility index (Phi) is 5.61. The number of thiophene rings is 1. The summed E-state index contributed by atoms with van der Waals surface area (Å²) >= 11 is 11.5. The maximum absolute atomic E-state index is 11.9. The molecule has 0 bridgehead atoms. The fourth-order valence-corrected chi connectivity index (χ4v) is 3.73. The fourth-order valence-electron chi connectivity index (χ4n) is 1.45. The second-order valence-electron chi connectivity index (χ2n) is 3.76. The topological polar surface area (TPSA) is 46.9 Å². The van der Waals surface area contributed by atoms with E-state index < -0.39 is 0 Å². The van der Waals surface area contributed by atoms with Crippen molar-refractivity contribution in [3.05, 3.63) is 36.1 Å². The van der Waals surface area contributed by atoms with Gasteiger partial charge in [0.25, 0.3) is 5.91 Å². The summed E-state index contributed by atoms with van der Waals surface area (Å²) in [6.45, 7) is 1.41. The molecule has 0 saturated heterocycles. The van der Waals surface area contributed by atoms with Crippen molar-refractivity contribution in [2.24, 2.45) is 0 Å². The van der Waals surface area contributed by atoms with Crippen LogP contribution < -0.4 is 5.32 Å². The van der Waals surface area contributed by atoms with Crippen molar-refractivity contribution in [2.45, 2.75) is 13.0 Å². The highest BCUT2D eigenvalue weighted by Crippen LogP contribution is 2.32. The molecule has 0 atom stereocenters. The number of aromatic nitrogens is 2. The maximum atomic E-state index is 11.9. The predicted molar refractivity (Wildman–Crippen MR) is 86.6 cm³/mol. The molecule has 2 rings (SSSR count). The van der Waals surface area contributed by atoms with E-state index in [-0.39, 0.29) is 5.91 Å². The van der Waals surface area contributed by atoms with Gasteiger partial charge < -0.3 is 5.32 Å². The minimum absolute atomic E-state index is 0.0435. The van der Waals surface area contributed by atoms with Crippen LogP contribution >= 0.6 is 59.1 Å². The Morgan fingerprint density at radius 2 is 2.21 bits per heavy atom. The lowest BCUT2D eigenvalue weighted by Gasteiger charge is -2.03. The summed E-state index contributed by atoms with van der Waals surface area (Å²) in [6.07, 6.45) is 4.50. The molecule has 4 nitrogen and oxygen atoms in total. The number of hydrogen-bond acceptors (Lipinski definition) is 3. The Bertz CT molecular complexity index is 562. The molecule has 0 unspecified atom stereocenters. The van der Waals surface area contributed by atoms with Gasteiger partial charge in [-0.3, -0.25) is 9.48 Å². The van der Waals surface area contributed by atoms with E-state index in [0.717, 1.165) is 25.7 Å². The SMILES string of the molecule is O=C(NCCCn1cc(Br)cn1)c1cc(Br)c(Br)s1. The second kappa shape index (κ2) is 7.01. The van der Waals surface area contributed by atoms with E-state index in [4.69, 9.17) is 0 Å². The van der Waals surface area contributed by atoms with E-state index in [1.807, 2.05) is 16.9 Å². The summed E-state index contributed by atoms with van der Waals surface area (Å²) in [5.74, 6) is -0.0435. The van der Waals surface area contributed by atoms with Crippen LogP contribution in [-0.4, -0.2) is 22.2 Å². The summed E-state index contributed by atoms with van der Waals surface area (Å²) in [5.41, 5.74) is 0. The zero-order valence-corrected chi connectivity index (χ0v) is 15.3. The van der Waals surface area contributed by atoms with E-state index in [9.17, 15) is 4.79 Å². The van der Waals surface area contributed by atoms with Crippen LogP contribution in [0.2, 0.25) is 0 Å². The smallest absolute Gasteiger partial charge is 0.261 e. The highest BCUT2D eigenvalue weighted by Gasteiger charge is 2.11. The van der Waals surface area contributed by atoms with Gasteiger partial charge in [-0.25, -0.2) is 0 Å². The molecule has 1 N–H and O–H groups in total. The summed E-state index contributed by atoms with van der Waals surface area (Å²) < 4.78 is 4.64. The van der Waals surface area contributed by atoms with E-state index in [2.05, 4.69) is 58.2 Å². The van der Waals surface area contributed by atoms with Gasteiger partial charge in [0.15, 0.2) is 0 Å². The molecule has 0 saturated carbocycles. The Balaban J connectivity index is 1.75. The third-order valence-electron chi connectivity index (χ3n) is 2.32. The van der Waals surface area contributed by atoms with Crippen LogP contribution in [0.1, 0.15) is 16.1 Å². The molecule has 0 aromatic carbocycles. The first-order valence-corrected chi connectivity index (χ1v) is 8.67. The lowest BCUT2D eigenvalue weighted by atomic mass is 10.4. The van der Waals surface area contributed by atoms with Crippen molar-refractivity contribution in [3.63, 3.8) is 0 Å². The first-order chi connectivity index (χ1) is 9.06. The number of aryl methyl sites for hydroxylation is 1. The first-order valence-electron chi connectivity index (χ1n) is 5.47. The molecule has 0 spiro atoms. The van der Waals surface area contributed by atoms with Crippen LogP contribution in [0.15, 0.2) is 31.2 Å². The lowest BCUT2D eigenvalue weighted by molar-refractivity contribution is 0.0956. The van der Waals surface area contributed by atoms with Crippen LogP contribution in [0, 0.1) is 0 Å².